The van der Waals surface area contributed by atoms with Gasteiger partial charge in [-0.05, 0) is 32.3 Å². The van der Waals surface area contributed by atoms with Crippen LogP contribution in [-0.4, -0.2) is 35.1 Å². The summed E-state index contributed by atoms with van der Waals surface area (Å²) in [6, 6.07) is 2.71. The Balaban J connectivity index is 1.93. The van der Waals surface area contributed by atoms with Crippen molar-refractivity contribution >= 4 is 11.5 Å². The van der Waals surface area contributed by atoms with Crippen LogP contribution in [0.3, 0.4) is 0 Å². The van der Waals surface area contributed by atoms with Crippen molar-refractivity contribution in [1.29, 1.82) is 0 Å². The summed E-state index contributed by atoms with van der Waals surface area (Å²) in [6.45, 7) is 3.42. The van der Waals surface area contributed by atoms with Crippen molar-refractivity contribution in [3.63, 3.8) is 0 Å². The molecule has 2 atom stereocenters. The lowest BCUT2D eigenvalue weighted by atomic mass is 10.1. The Bertz CT molecular complexity index is 505. The summed E-state index contributed by atoms with van der Waals surface area (Å²) < 4.78 is 0. The Kier molecular flexibility index (Phi) is 3.10. The lowest BCUT2D eigenvalue weighted by Crippen LogP contribution is -2.36. The number of aryl methyl sites for hydroxylation is 1. The molecule has 0 aromatic carbocycles. The fourth-order valence-corrected chi connectivity index (χ4v) is 3.13. The average molecular weight is 262 g/mol. The molecule has 2 aliphatic heterocycles. The van der Waals surface area contributed by atoms with Gasteiger partial charge in [-0.3, -0.25) is 10.1 Å². The van der Waals surface area contributed by atoms with Crippen molar-refractivity contribution in [3.05, 3.63) is 27.9 Å². The topological polar surface area (TPSA) is 71.3 Å². The highest BCUT2D eigenvalue weighted by atomic mass is 16.6. The smallest absolute Gasteiger partial charge is 0.314 e. The number of nitrogens with one attached hydrogen (secondary N) is 1. The Hall–Kier alpha value is -1.69. The van der Waals surface area contributed by atoms with Crippen molar-refractivity contribution < 1.29 is 4.92 Å². The summed E-state index contributed by atoms with van der Waals surface area (Å²) in [6.07, 6.45) is 5.07. The molecule has 2 aliphatic rings. The minimum absolute atomic E-state index is 0.153. The van der Waals surface area contributed by atoms with Crippen LogP contribution < -0.4 is 10.2 Å². The minimum Gasteiger partial charge on any atom is -0.349 e. The number of rotatable bonds is 2. The Labute approximate surface area is 112 Å². The van der Waals surface area contributed by atoms with Gasteiger partial charge in [0.1, 0.15) is 0 Å². The van der Waals surface area contributed by atoms with E-state index in [9.17, 15) is 10.1 Å². The van der Waals surface area contributed by atoms with Crippen molar-refractivity contribution in [2.24, 2.45) is 0 Å². The summed E-state index contributed by atoms with van der Waals surface area (Å²) in [5.74, 6) is 0.527. The standard InChI is InChI=1S/C13H18N4O2/c1-9-4-6-14-13(12(9)17(18)19)16-7-5-10-2-3-11(8-16)15-10/h4,6,10-11,15H,2-3,5,7-8H2,1H3. The van der Waals surface area contributed by atoms with Gasteiger partial charge >= 0.3 is 5.69 Å². The number of nitrogens with zero attached hydrogens (tertiary/aromatic N) is 3. The van der Waals surface area contributed by atoms with Crippen LogP contribution in [0.2, 0.25) is 0 Å². The maximum Gasteiger partial charge on any atom is 0.314 e. The molecule has 1 aromatic rings. The molecule has 6 nitrogen and oxygen atoms in total. The molecule has 0 aliphatic carbocycles. The van der Waals surface area contributed by atoms with Crippen LogP contribution in [0.5, 0.6) is 0 Å². The number of hydrogen-bond acceptors (Lipinski definition) is 5. The predicted octanol–water partition coefficient (Wildman–Crippen LogP) is 1.63. The summed E-state index contributed by atoms with van der Waals surface area (Å²) in [5, 5.41) is 14.8. The SMILES string of the molecule is Cc1ccnc(N2CCC3CCC(C2)N3)c1[N+](=O)[O-]. The molecule has 0 spiro atoms. The molecule has 2 saturated heterocycles. The van der Waals surface area contributed by atoms with E-state index in [-0.39, 0.29) is 10.6 Å². The molecule has 3 heterocycles. The van der Waals surface area contributed by atoms with E-state index >= 15 is 0 Å². The van der Waals surface area contributed by atoms with E-state index in [0.29, 0.717) is 23.5 Å². The summed E-state index contributed by atoms with van der Waals surface area (Å²) in [5.41, 5.74) is 0.831. The lowest BCUT2D eigenvalue weighted by molar-refractivity contribution is -0.384. The lowest BCUT2D eigenvalue weighted by Gasteiger charge is -2.25. The first kappa shape index (κ1) is 12.3. The van der Waals surface area contributed by atoms with E-state index in [1.807, 2.05) is 0 Å². The van der Waals surface area contributed by atoms with E-state index in [2.05, 4.69) is 15.2 Å². The third-order valence-corrected chi connectivity index (χ3v) is 4.11. The monoisotopic (exact) mass is 262 g/mol. The number of hydrogen-bond donors (Lipinski definition) is 1. The average Bonchev–Trinajstić information content (AvgIpc) is 2.68. The minimum atomic E-state index is -0.311. The van der Waals surface area contributed by atoms with Crippen LogP contribution in [0.1, 0.15) is 24.8 Å². The van der Waals surface area contributed by atoms with Gasteiger partial charge in [0.2, 0.25) is 5.82 Å². The highest BCUT2D eigenvalue weighted by molar-refractivity contribution is 5.61. The molecule has 1 N–H and O–H groups in total. The maximum absolute atomic E-state index is 11.3. The van der Waals surface area contributed by atoms with Crippen molar-refractivity contribution in [1.82, 2.24) is 10.3 Å². The van der Waals surface area contributed by atoms with Gasteiger partial charge in [0, 0.05) is 36.9 Å². The Morgan fingerprint density at radius 3 is 3.00 bits per heavy atom. The van der Waals surface area contributed by atoms with Gasteiger partial charge in [0.05, 0.1) is 4.92 Å². The molecule has 1 aromatic heterocycles. The van der Waals surface area contributed by atoms with E-state index < -0.39 is 0 Å². The van der Waals surface area contributed by atoms with E-state index in [0.717, 1.165) is 25.9 Å². The molecule has 6 heteroatoms. The van der Waals surface area contributed by atoms with Gasteiger partial charge in [-0.25, -0.2) is 4.98 Å². The van der Waals surface area contributed by atoms with Crippen LogP contribution in [0.4, 0.5) is 11.5 Å². The fourth-order valence-electron chi connectivity index (χ4n) is 3.13. The summed E-state index contributed by atoms with van der Waals surface area (Å²) in [4.78, 5) is 17.3. The predicted molar refractivity (Wildman–Crippen MR) is 72.4 cm³/mol. The quantitative estimate of drug-likeness (QED) is 0.648. The molecule has 0 radical (unpaired) electrons. The molecule has 2 unspecified atom stereocenters. The van der Waals surface area contributed by atoms with Crippen LogP contribution in [0.25, 0.3) is 0 Å². The van der Waals surface area contributed by atoms with E-state index in [1.54, 1.807) is 19.2 Å². The van der Waals surface area contributed by atoms with Crippen molar-refractivity contribution in [3.8, 4) is 0 Å². The molecule has 2 fully saturated rings. The van der Waals surface area contributed by atoms with Gasteiger partial charge in [0.15, 0.2) is 0 Å². The van der Waals surface area contributed by atoms with E-state index in [4.69, 9.17) is 0 Å². The van der Waals surface area contributed by atoms with Crippen molar-refractivity contribution in [2.75, 3.05) is 18.0 Å². The first-order chi connectivity index (χ1) is 9.15. The Morgan fingerprint density at radius 2 is 2.21 bits per heavy atom. The molecular formula is C13H18N4O2. The molecule has 2 bridgehead atoms. The number of nitro groups is 1. The first-order valence-corrected chi connectivity index (χ1v) is 6.76. The van der Waals surface area contributed by atoms with Crippen molar-refractivity contribution in [2.45, 2.75) is 38.3 Å². The second kappa shape index (κ2) is 4.77. The number of anilines is 1. The van der Waals surface area contributed by atoms with Crippen LogP contribution in [0.15, 0.2) is 12.3 Å². The molecule has 0 amide bonds. The largest absolute Gasteiger partial charge is 0.349 e. The molecule has 102 valence electrons. The van der Waals surface area contributed by atoms with Gasteiger partial charge in [-0.2, -0.15) is 0 Å². The third-order valence-electron chi connectivity index (χ3n) is 4.11. The normalized spacial score (nSPS) is 26.3. The van der Waals surface area contributed by atoms with Crippen LogP contribution in [-0.2, 0) is 0 Å². The van der Waals surface area contributed by atoms with Crippen LogP contribution >= 0.6 is 0 Å². The summed E-state index contributed by atoms with van der Waals surface area (Å²) >= 11 is 0. The molecule has 3 rings (SSSR count). The highest BCUT2D eigenvalue weighted by Crippen LogP contribution is 2.31. The van der Waals surface area contributed by atoms with Crippen LogP contribution in [0, 0.1) is 17.0 Å². The van der Waals surface area contributed by atoms with Gasteiger partial charge < -0.3 is 10.2 Å². The third kappa shape index (κ3) is 2.28. The molecule has 19 heavy (non-hydrogen) atoms. The number of fused-ring (bicyclic) bond motifs is 2. The molecule has 0 saturated carbocycles. The Morgan fingerprint density at radius 1 is 1.42 bits per heavy atom. The number of aromatic nitrogens is 1. The van der Waals surface area contributed by atoms with Gasteiger partial charge in [-0.1, -0.05) is 0 Å². The van der Waals surface area contributed by atoms with Gasteiger partial charge in [0.25, 0.3) is 0 Å². The summed E-state index contributed by atoms with van der Waals surface area (Å²) in [7, 11) is 0. The second-order valence-electron chi connectivity index (χ2n) is 5.43. The second-order valence-corrected chi connectivity index (χ2v) is 5.43. The van der Waals surface area contributed by atoms with E-state index in [1.165, 1.54) is 6.42 Å². The molecular weight excluding hydrogens is 244 g/mol. The number of pyridine rings is 1. The zero-order chi connectivity index (χ0) is 13.4. The van der Waals surface area contributed by atoms with Gasteiger partial charge in [-0.15, -0.1) is 0 Å². The zero-order valence-corrected chi connectivity index (χ0v) is 11.0. The fraction of sp³-hybridized carbons (Fsp3) is 0.615. The first-order valence-electron chi connectivity index (χ1n) is 6.76. The maximum atomic E-state index is 11.3. The zero-order valence-electron chi connectivity index (χ0n) is 11.0. The highest BCUT2D eigenvalue weighted by Gasteiger charge is 2.32.